The average Bonchev–Trinajstić information content (AvgIpc) is 2.83. The zero-order valence-electron chi connectivity index (χ0n) is 16.0. The van der Waals surface area contributed by atoms with Gasteiger partial charge >= 0.3 is 5.97 Å². The molecule has 6 heteroatoms. The third-order valence-corrected chi connectivity index (χ3v) is 6.08. The molecule has 0 amide bonds. The molecule has 1 aromatic carbocycles. The van der Waals surface area contributed by atoms with E-state index >= 15 is 0 Å². The van der Waals surface area contributed by atoms with Crippen LogP contribution in [0.15, 0.2) is 23.4 Å². The van der Waals surface area contributed by atoms with Crippen molar-refractivity contribution in [1.29, 1.82) is 0 Å². The van der Waals surface area contributed by atoms with Gasteiger partial charge < -0.3 is 20.2 Å². The highest BCUT2D eigenvalue weighted by atomic mass is 16.6. The standard InChI is InChI=1S/C21H29NO5/c1-12-3-4-14(13(2)9-12)19(23)6-5-15-16-10-18(17(16)11-20(15)24)22-27-8-7-21(25)26/h3-4,9,15-17,19-20,23-24H,5-8,10-11H2,1-2H3,(H,25,26). The Labute approximate surface area is 159 Å². The molecule has 0 aromatic heterocycles. The Bertz CT molecular complexity index is 717. The van der Waals surface area contributed by atoms with E-state index in [9.17, 15) is 15.0 Å². The molecule has 2 saturated carbocycles. The number of carbonyl (C=O) groups is 1. The molecule has 5 unspecified atom stereocenters. The van der Waals surface area contributed by atoms with Crippen LogP contribution in [0.4, 0.5) is 0 Å². The Kier molecular flexibility index (Phi) is 6.17. The quantitative estimate of drug-likeness (QED) is 0.479. The van der Waals surface area contributed by atoms with Crippen molar-refractivity contribution in [3.63, 3.8) is 0 Å². The summed E-state index contributed by atoms with van der Waals surface area (Å²) in [7, 11) is 0. The lowest BCUT2D eigenvalue weighted by Gasteiger charge is -2.35. The predicted molar refractivity (Wildman–Crippen MR) is 101 cm³/mol. The van der Waals surface area contributed by atoms with Gasteiger partial charge in [0.25, 0.3) is 0 Å². The topological polar surface area (TPSA) is 99.4 Å². The lowest BCUT2D eigenvalue weighted by molar-refractivity contribution is -0.138. The maximum absolute atomic E-state index is 10.6. The number of fused-ring (bicyclic) bond motifs is 1. The number of oxime groups is 1. The molecule has 2 aliphatic carbocycles. The number of carboxylic acids is 1. The Hall–Kier alpha value is -1.92. The van der Waals surface area contributed by atoms with Crippen LogP contribution in [0.2, 0.25) is 0 Å². The molecule has 0 bridgehead atoms. The lowest BCUT2D eigenvalue weighted by Crippen LogP contribution is -2.36. The Balaban J connectivity index is 1.50. The molecular formula is C21H29NO5. The van der Waals surface area contributed by atoms with E-state index in [1.807, 2.05) is 26.0 Å². The summed E-state index contributed by atoms with van der Waals surface area (Å²) in [5, 5.41) is 33.7. The number of rotatable bonds is 8. The normalized spacial score (nSPS) is 29.3. The third-order valence-electron chi connectivity index (χ3n) is 6.08. The Morgan fingerprint density at radius 3 is 2.85 bits per heavy atom. The molecule has 1 aromatic rings. The molecule has 148 valence electrons. The second-order valence-electron chi connectivity index (χ2n) is 7.95. The SMILES string of the molecule is Cc1ccc(C(O)CCC2C(O)CC3C(=NOCCC(=O)O)CC32)c(C)c1. The molecule has 0 aliphatic heterocycles. The molecule has 0 heterocycles. The van der Waals surface area contributed by atoms with Crippen molar-refractivity contribution in [2.45, 2.75) is 58.2 Å². The van der Waals surface area contributed by atoms with Gasteiger partial charge in [-0.05, 0) is 62.5 Å². The fourth-order valence-corrected chi connectivity index (χ4v) is 4.58. The van der Waals surface area contributed by atoms with Crippen LogP contribution in [0.25, 0.3) is 0 Å². The minimum atomic E-state index is -0.902. The maximum Gasteiger partial charge on any atom is 0.306 e. The van der Waals surface area contributed by atoms with Gasteiger partial charge in [-0.2, -0.15) is 0 Å². The highest BCUT2D eigenvalue weighted by Gasteiger charge is 2.51. The number of aliphatic hydroxyl groups excluding tert-OH is 2. The third kappa shape index (κ3) is 4.50. The van der Waals surface area contributed by atoms with E-state index in [2.05, 4.69) is 11.2 Å². The van der Waals surface area contributed by atoms with E-state index in [1.165, 1.54) is 5.56 Å². The van der Waals surface area contributed by atoms with Crippen LogP contribution in [-0.4, -0.2) is 39.7 Å². The van der Waals surface area contributed by atoms with Gasteiger partial charge in [0, 0.05) is 5.92 Å². The molecule has 0 saturated heterocycles. The zero-order valence-corrected chi connectivity index (χ0v) is 16.0. The summed E-state index contributed by atoms with van der Waals surface area (Å²) < 4.78 is 0. The maximum atomic E-state index is 10.6. The first kappa shape index (κ1) is 19.8. The molecule has 3 N–H and O–H groups in total. The number of hydrogen-bond acceptors (Lipinski definition) is 5. The van der Waals surface area contributed by atoms with Crippen LogP contribution in [0.3, 0.4) is 0 Å². The van der Waals surface area contributed by atoms with Crippen molar-refractivity contribution in [1.82, 2.24) is 0 Å². The van der Waals surface area contributed by atoms with Gasteiger partial charge in [-0.1, -0.05) is 28.9 Å². The van der Waals surface area contributed by atoms with Crippen LogP contribution in [-0.2, 0) is 9.63 Å². The van der Waals surface area contributed by atoms with Crippen molar-refractivity contribution < 1.29 is 25.0 Å². The summed E-state index contributed by atoms with van der Waals surface area (Å²) in [6.07, 6.45) is 1.93. The Morgan fingerprint density at radius 1 is 1.37 bits per heavy atom. The van der Waals surface area contributed by atoms with Gasteiger partial charge in [0.05, 0.1) is 24.3 Å². The largest absolute Gasteiger partial charge is 0.481 e. The average molecular weight is 375 g/mol. The van der Waals surface area contributed by atoms with E-state index in [0.717, 1.165) is 29.7 Å². The summed E-state index contributed by atoms with van der Waals surface area (Å²) >= 11 is 0. The summed E-state index contributed by atoms with van der Waals surface area (Å²) in [6.45, 7) is 4.13. The smallest absolute Gasteiger partial charge is 0.306 e. The van der Waals surface area contributed by atoms with Crippen LogP contribution < -0.4 is 0 Å². The molecule has 3 rings (SSSR count). The highest BCUT2D eigenvalue weighted by Crippen LogP contribution is 2.51. The van der Waals surface area contributed by atoms with E-state index < -0.39 is 12.1 Å². The monoisotopic (exact) mass is 375 g/mol. The fraction of sp³-hybridized carbons (Fsp3) is 0.619. The van der Waals surface area contributed by atoms with Crippen LogP contribution in [0.5, 0.6) is 0 Å². The zero-order chi connectivity index (χ0) is 19.6. The van der Waals surface area contributed by atoms with Gasteiger partial charge in [-0.3, -0.25) is 4.79 Å². The first-order chi connectivity index (χ1) is 12.9. The highest BCUT2D eigenvalue weighted by molar-refractivity contribution is 5.93. The van der Waals surface area contributed by atoms with Crippen molar-refractivity contribution in [3.8, 4) is 0 Å². The van der Waals surface area contributed by atoms with E-state index in [-0.39, 0.29) is 31.0 Å². The number of nitrogens with zero attached hydrogens (tertiary/aromatic N) is 1. The molecule has 0 spiro atoms. The van der Waals surface area contributed by atoms with E-state index in [4.69, 9.17) is 9.94 Å². The molecular weight excluding hydrogens is 346 g/mol. The second kappa shape index (κ2) is 8.40. The molecule has 27 heavy (non-hydrogen) atoms. The summed E-state index contributed by atoms with van der Waals surface area (Å²) in [6, 6.07) is 6.09. The van der Waals surface area contributed by atoms with Crippen LogP contribution >= 0.6 is 0 Å². The first-order valence-electron chi connectivity index (χ1n) is 9.70. The van der Waals surface area contributed by atoms with Crippen LogP contribution in [0, 0.1) is 31.6 Å². The molecule has 2 fully saturated rings. The predicted octanol–water partition coefficient (Wildman–Crippen LogP) is 2.98. The van der Waals surface area contributed by atoms with Crippen molar-refractivity contribution in [2.75, 3.05) is 6.61 Å². The number of benzene rings is 1. The van der Waals surface area contributed by atoms with Crippen LogP contribution in [0.1, 0.15) is 54.9 Å². The minimum absolute atomic E-state index is 0.0631. The van der Waals surface area contributed by atoms with E-state index in [1.54, 1.807) is 0 Å². The lowest BCUT2D eigenvalue weighted by atomic mass is 9.70. The number of aryl methyl sites for hydroxylation is 2. The first-order valence-corrected chi connectivity index (χ1v) is 9.70. The van der Waals surface area contributed by atoms with Crippen molar-refractivity contribution in [3.05, 3.63) is 34.9 Å². The Morgan fingerprint density at radius 2 is 2.15 bits per heavy atom. The number of hydrogen-bond donors (Lipinski definition) is 3. The molecule has 0 radical (unpaired) electrons. The van der Waals surface area contributed by atoms with Gasteiger partial charge in [0.1, 0.15) is 6.61 Å². The molecule has 2 aliphatic rings. The van der Waals surface area contributed by atoms with Gasteiger partial charge in [-0.25, -0.2) is 0 Å². The number of aliphatic hydroxyl groups is 2. The summed E-state index contributed by atoms with van der Waals surface area (Å²) in [5.41, 5.74) is 4.18. The van der Waals surface area contributed by atoms with Crippen molar-refractivity contribution >= 4 is 11.7 Å². The molecule has 5 atom stereocenters. The summed E-state index contributed by atoms with van der Waals surface area (Å²) in [4.78, 5) is 15.6. The fourth-order valence-electron chi connectivity index (χ4n) is 4.58. The van der Waals surface area contributed by atoms with E-state index in [0.29, 0.717) is 18.8 Å². The molecule has 6 nitrogen and oxygen atoms in total. The van der Waals surface area contributed by atoms with Gasteiger partial charge in [-0.15, -0.1) is 0 Å². The minimum Gasteiger partial charge on any atom is -0.481 e. The second-order valence-corrected chi connectivity index (χ2v) is 7.95. The van der Waals surface area contributed by atoms with Gasteiger partial charge in [0.2, 0.25) is 0 Å². The van der Waals surface area contributed by atoms with Gasteiger partial charge in [0.15, 0.2) is 0 Å². The summed E-state index contributed by atoms with van der Waals surface area (Å²) in [5.74, 6) is -0.116. The van der Waals surface area contributed by atoms with Crippen molar-refractivity contribution in [2.24, 2.45) is 22.9 Å². The number of carboxylic acid groups (broad SMARTS) is 1. The number of aliphatic carboxylic acids is 1.